The third-order valence-electron chi connectivity index (χ3n) is 3.44. The number of hydrogen-bond acceptors (Lipinski definition) is 3. The molecule has 0 atom stereocenters. The van der Waals surface area contributed by atoms with Gasteiger partial charge in [0.05, 0.1) is 0 Å². The highest BCUT2D eigenvalue weighted by atomic mass is 16.3. The Morgan fingerprint density at radius 1 is 1.00 bits per heavy atom. The maximum absolute atomic E-state index is 5.97. The lowest BCUT2D eigenvalue weighted by Gasteiger charge is -2.01. The van der Waals surface area contributed by atoms with Crippen molar-refractivity contribution >= 4 is 33.6 Å². The fourth-order valence-corrected chi connectivity index (χ4v) is 2.44. The summed E-state index contributed by atoms with van der Waals surface area (Å²) in [7, 11) is 0. The van der Waals surface area contributed by atoms with Gasteiger partial charge in [0, 0.05) is 11.1 Å². The molecule has 2 aromatic heterocycles. The Morgan fingerprint density at radius 3 is 2.70 bits per heavy atom. The molecule has 4 heteroatoms. The number of aromatic nitrogens is 2. The van der Waals surface area contributed by atoms with Crippen molar-refractivity contribution in [2.45, 2.75) is 6.92 Å². The van der Waals surface area contributed by atoms with Crippen LogP contribution in [-0.2, 0) is 0 Å². The number of rotatable bonds is 2. The van der Waals surface area contributed by atoms with Gasteiger partial charge < -0.3 is 9.73 Å². The summed E-state index contributed by atoms with van der Waals surface area (Å²) in [4.78, 5) is 0. The van der Waals surface area contributed by atoms with Gasteiger partial charge in [-0.05, 0) is 30.7 Å². The standard InChI is InChI=1S/C16H13N3O/c1-10-6-5-9-12-13-15(20-14(10)12)16(19-18-13)17-11-7-3-2-4-8-11/h2-9H,1H3,(H2,17,18,19). The van der Waals surface area contributed by atoms with Crippen LogP contribution in [0.5, 0.6) is 0 Å². The lowest BCUT2D eigenvalue weighted by molar-refractivity contribution is 0.667. The topological polar surface area (TPSA) is 53.9 Å². The first kappa shape index (κ1) is 11.1. The second-order valence-corrected chi connectivity index (χ2v) is 4.82. The number of fused-ring (bicyclic) bond motifs is 3. The van der Waals surface area contributed by atoms with E-state index in [1.807, 2.05) is 55.5 Å². The van der Waals surface area contributed by atoms with E-state index in [9.17, 15) is 0 Å². The van der Waals surface area contributed by atoms with Gasteiger partial charge in [0.15, 0.2) is 11.4 Å². The van der Waals surface area contributed by atoms with Gasteiger partial charge in [0.2, 0.25) is 0 Å². The number of para-hydroxylation sites is 2. The second kappa shape index (κ2) is 4.13. The molecular formula is C16H13N3O. The highest BCUT2D eigenvalue weighted by Gasteiger charge is 2.15. The van der Waals surface area contributed by atoms with Crippen LogP contribution in [0.2, 0.25) is 0 Å². The van der Waals surface area contributed by atoms with Gasteiger partial charge in [-0.3, -0.25) is 5.10 Å². The number of nitrogens with zero attached hydrogens (tertiary/aromatic N) is 1. The molecule has 0 aliphatic carbocycles. The molecule has 4 rings (SSSR count). The Hall–Kier alpha value is -2.75. The molecule has 0 amide bonds. The third kappa shape index (κ3) is 1.58. The molecule has 0 fully saturated rings. The first-order valence-corrected chi connectivity index (χ1v) is 6.51. The molecule has 0 bridgehead atoms. The summed E-state index contributed by atoms with van der Waals surface area (Å²) < 4.78 is 5.97. The van der Waals surface area contributed by atoms with Gasteiger partial charge in [-0.15, -0.1) is 0 Å². The predicted octanol–water partition coefficient (Wildman–Crippen LogP) is 4.36. The smallest absolute Gasteiger partial charge is 0.197 e. The molecule has 2 aromatic carbocycles. The second-order valence-electron chi connectivity index (χ2n) is 4.82. The summed E-state index contributed by atoms with van der Waals surface area (Å²) in [5.74, 6) is 0.779. The molecule has 2 N–H and O–H groups in total. The maximum Gasteiger partial charge on any atom is 0.197 e. The molecule has 98 valence electrons. The summed E-state index contributed by atoms with van der Waals surface area (Å²) in [6.07, 6.45) is 0. The first-order valence-electron chi connectivity index (χ1n) is 6.51. The minimum atomic E-state index is 0.762. The van der Waals surface area contributed by atoms with Crippen LogP contribution >= 0.6 is 0 Å². The van der Waals surface area contributed by atoms with Crippen LogP contribution in [0.4, 0.5) is 11.5 Å². The van der Waals surface area contributed by atoms with Gasteiger partial charge in [-0.1, -0.05) is 30.3 Å². The minimum absolute atomic E-state index is 0.762. The minimum Gasteiger partial charge on any atom is -0.450 e. The van der Waals surface area contributed by atoms with Crippen LogP contribution in [-0.4, -0.2) is 10.2 Å². The number of nitrogens with one attached hydrogen (secondary N) is 2. The zero-order chi connectivity index (χ0) is 13.5. The van der Waals surface area contributed by atoms with Gasteiger partial charge in [0.1, 0.15) is 11.1 Å². The van der Waals surface area contributed by atoms with Crippen LogP contribution in [0, 0.1) is 6.92 Å². The van der Waals surface area contributed by atoms with Crippen LogP contribution < -0.4 is 5.32 Å². The molecule has 0 aliphatic heterocycles. The van der Waals surface area contributed by atoms with Crippen LogP contribution in [0.25, 0.3) is 22.1 Å². The van der Waals surface area contributed by atoms with E-state index >= 15 is 0 Å². The Bertz CT molecular complexity index is 890. The number of hydrogen-bond donors (Lipinski definition) is 2. The van der Waals surface area contributed by atoms with Gasteiger partial charge in [-0.25, -0.2) is 0 Å². The summed E-state index contributed by atoms with van der Waals surface area (Å²) in [5, 5.41) is 11.7. The normalized spacial score (nSPS) is 11.2. The molecule has 0 saturated heterocycles. The molecule has 0 aliphatic rings. The number of aryl methyl sites for hydroxylation is 1. The van der Waals surface area contributed by atoms with Crippen molar-refractivity contribution in [3.8, 4) is 0 Å². The quantitative estimate of drug-likeness (QED) is 0.565. The Balaban J connectivity index is 1.89. The van der Waals surface area contributed by atoms with Crippen molar-refractivity contribution < 1.29 is 4.42 Å². The molecule has 4 nitrogen and oxygen atoms in total. The Kier molecular flexibility index (Phi) is 2.29. The third-order valence-corrected chi connectivity index (χ3v) is 3.44. The van der Waals surface area contributed by atoms with Crippen LogP contribution in [0.3, 0.4) is 0 Å². The van der Waals surface area contributed by atoms with Crippen LogP contribution in [0.15, 0.2) is 52.9 Å². The van der Waals surface area contributed by atoms with E-state index in [-0.39, 0.29) is 0 Å². The van der Waals surface area contributed by atoms with Crippen molar-refractivity contribution in [3.63, 3.8) is 0 Å². The monoisotopic (exact) mass is 263 g/mol. The molecule has 4 aromatic rings. The molecule has 0 spiro atoms. The molecule has 0 saturated carbocycles. The van der Waals surface area contributed by atoms with Crippen molar-refractivity contribution in [1.29, 1.82) is 0 Å². The van der Waals surface area contributed by atoms with Gasteiger partial charge in [-0.2, -0.15) is 5.10 Å². The summed E-state index contributed by atoms with van der Waals surface area (Å²) in [6.45, 7) is 2.04. The zero-order valence-electron chi connectivity index (χ0n) is 11.0. The molecule has 0 unspecified atom stereocenters. The largest absolute Gasteiger partial charge is 0.450 e. The van der Waals surface area contributed by atoms with Crippen molar-refractivity contribution in [1.82, 2.24) is 10.2 Å². The summed E-state index contributed by atoms with van der Waals surface area (Å²) >= 11 is 0. The Labute approximate surface area is 115 Å². The maximum atomic E-state index is 5.97. The van der Waals surface area contributed by atoms with Crippen molar-refractivity contribution in [3.05, 3.63) is 54.1 Å². The average Bonchev–Trinajstić information content (AvgIpc) is 3.02. The lowest BCUT2D eigenvalue weighted by Crippen LogP contribution is -1.90. The van der Waals surface area contributed by atoms with Crippen LogP contribution in [0.1, 0.15) is 5.56 Å². The Morgan fingerprint density at radius 2 is 1.85 bits per heavy atom. The SMILES string of the molecule is Cc1cccc2c1oc1c(Nc3ccccc3)[nH]nc12. The van der Waals surface area contributed by atoms with Gasteiger partial charge in [0.25, 0.3) is 0 Å². The van der Waals surface area contributed by atoms with E-state index in [2.05, 4.69) is 15.5 Å². The number of H-pyrrole nitrogens is 1. The van der Waals surface area contributed by atoms with E-state index < -0.39 is 0 Å². The fourth-order valence-electron chi connectivity index (χ4n) is 2.44. The fraction of sp³-hybridized carbons (Fsp3) is 0.0625. The first-order chi connectivity index (χ1) is 9.83. The molecule has 0 radical (unpaired) electrons. The van der Waals surface area contributed by atoms with Crippen molar-refractivity contribution in [2.75, 3.05) is 5.32 Å². The number of benzene rings is 2. The van der Waals surface area contributed by atoms with Gasteiger partial charge >= 0.3 is 0 Å². The predicted molar refractivity (Wildman–Crippen MR) is 80.3 cm³/mol. The lowest BCUT2D eigenvalue weighted by atomic mass is 10.2. The van der Waals surface area contributed by atoms with E-state index in [1.165, 1.54) is 0 Å². The zero-order valence-corrected chi connectivity index (χ0v) is 11.0. The molecular weight excluding hydrogens is 250 g/mol. The highest BCUT2D eigenvalue weighted by molar-refractivity contribution is 6.07. The number of furan rings is 1. The highest BCUT2D eigenvalue weighted by Crippen LogP contribution is 2.33. The number of aromatic amines is 1. The molecule has 20 heavy (non-hydrogen) atoms. The average molecular weight is 263 g/mol. The van der Waals surface area contributed by atoms with E-state index in [1.54, 1.807) is 0 Å². The van der Waals surface area contributed by atoms with Crippen molar-refractivity contribution in [2.24, 2.45) is 0 Å². The summed E-state index contributed by atoms with van der Waals surface area (Å²) in [6, 6.07) is 16.0. The number of anilines is 2. The van der Waals surface area contributed by atoms with E-state index in [0.29, 0.717) is 0 Å². The molecule has 2 heterocycles. The van der Waals surface area contributed by atoms with E-state index in [0.717, 1.165) is 39.1 Å². The van der Waals surface area contributed by atoms with E-state index in [4.69, 9.17) is 4.42 Å². The summed E-state index contributed by atoms with van der Waals surface area (Å²) in [5.41, 5.74) is 4.64.